The van der Waals surface area contributed by atoms with Crippen molar-refractivity contribution in [1.82, 2.24) is 14.1 Å². The quantitative estimate of drug-likeness (QED) is 0.707. The molecular formula is C16H16BrN5O3S. The van der Waals surface area contributed by atoms with Gasteiger partial charge in [0.05, 0.1) is 28.4 Å². The van der Waals surface area contributed by atoms with Crippen molar-refractivity contribution < 1.29 is 8.42 Å². The molecule has 1 aliphatic heterocycles. The molecule has 10 heteroatoms. The number of hydrogen-bond donors (Lipinski definition) is 0. The van der Waals surface area contributed by atoms with Crippen molar-refractivity contribution in [3.05, 3.63) is 50.9 Å². The predicted octanol–water partition coefficient (Wildman–Crippen LogP) is 0.925. The van der Waals surface area contributed by atoms with Crippen LogP contribution in [0.4, 0.5) is 5.69 Å². The van der Waals surface area contributed by atoms with Gasteiger partial charge in [-0.3, -0.25) is 4.79 Å². The Morgan fingerprint density at radius 1 is 1.15 bits per heavy atom. The highest BCUT2D eigenvalue weighted by molar-refractivity contribution is 9.10. The van der Waals surface area contributed by atoms with Gasteiger partial charge in [-0.2, -0.15) is 14.7 Å². The number of benzene rings is 1. The molecule has 0 unspecified atom stereocenters. The van der Waals surface area contributed by atoms with Crippen molar-refractivity contribution in [2.75, 3.05) is 31.1 Å². The average molecular weight is 438 g/mol. The van der Waals surface area contributed by atoms with Crippen LogP contribution in [-0.4, -0.2) is 48.7 Å². The Morgan fingerprint density at radius 2 is 1.77 bits per heavy atom. The molecule has 136 valence electrons. The second kappa shape index (κ2) is 7.19. The van der Waals surface area contributed by atoms with Crippen LogP contribution in [0.1, 0.15) is 5.56 Å². The van der Waals surface area contributed by atoms with Crippen LogP contribution in [-0.2, 0) is 17.1 Å². The lowest BCUT2D eigenvalue weighted by Gasteiger charge is -2.35. The maximum atomic E-state index is 12.7. The lowest BCUT2D eigenvalue weighted by Crippen LogP contribution is -2.49. The Hall–Kier alpha value is -2.22. The highest BCUT2D eigenvalue weighted by Gasteiger charge is 2.29. The second-order valence-electron chi connectivity index (χ2n) is 5.80. The highest BCUT2D eigenvalue weighted by atomic mass is 79.9. The molecule has 0 aliphatic carbocycles. The Labute approximate surface area is 159 Å². The minimum atomic E-state index is -3.61. The largest absolute Gasteiger partial charge is 0.367 e. The minimum absolute atomic E-state index is 0.168. The van der Waals surface area contributed by atoms with Gasteiger partial charge in [0.15, 0.2) is 0 Å². The standard InChI is InChI=1S/C16H16BrN5O3S/c1-20-16(23)15(17)14(11-19-20)21-6-8-22(9-7-21)26(24,25)13-4-2-12(10-18)3-5-13/h2-5,11H,6-9H2,1H3. The monoisotopic (exact) mass is 437 g/mol. The zero-order chi connectivity index (χ0) is 18.9. The molecule has 8 nitrogen and oxygen atoms in total. The molecule has 3 rings (SSSR count). The highest BCUT2D eigenvalue weighted by Crippen LogP contribution is 2.24. The van der Waals surface area contributed by atoms with E-state index in [9.17, 15) is 13.2 Å². The van der Waals surface area contributed by atoms with E-state index in [0.29, 0.717) is 41.9 Å². The number of anilines is 1. The van der Waals surface area contributed by atoms with Crippen LogP contribution in [0, 0.1) is 11.3 Å². The fourth-order valence-electron chi connectivity index (χ4n) is 2.74. The first-order valence-electron chi connectivity index (χ1n) is 7.81. The number of nitriles is 1. The predicted molar refractivity (Wildman–Crippen MR) is 99.3 cm³/mol. The van der Waals surface area contributed by atoms with Gasteiger partial charge >= 0.3 is 0 Å². The van der Waals surface area contributed by atoms with Crippen LogP contribution < -0.4 is 10.5 Å². The smallest absolute Gasteiger partial charge is 0.282 e. The van der Waals surface area contributed by atoms with Crippen LogP contribution in [0.2, 0.25) is 0 Å². The van der Waals surface area contributed by atoms with E-state index in [2.05, 4.69) is 21.0 Å². The number of halogens is 1. The van der Waals surface area contributed by atoms with Crippen molar-refractivity contribution in [3.8, 4) is 6.07 Å². The topological polar surface area (TPSA) is 99.3 Å². The van der Waals surface area contributed by atoms with Crippen LogP contribution in [0.5, 0.6) is 0 Å². The molecule has 0 spiro atoms. The van der Waals surface area contributed by atoms with Crippen molar-refractivity contribution in [3.63, 3.8) is 0 Å². The third kappa shape index (κ3) is 3.38. The van der Waals surface area contributed by atoms with Gasteiger partial charge in [0.25, 0.3) is 5.56 Å². The molecule has 0 atom stereocenters. The molecule has 0 saturated carbocycles. The lowest BCUT2D eigenvalue weighted by molar-refractivity contribution is 0.384. The summed E-state index contributed by atoms with van der Waals surface area (Å²) < 4.78 is 28.6. The maximum absolute atomic E-state index is 12.7. The summed E-state index contributed by atoms with van der Waals surface area (Å²) >= 11 is 3.30. The third-order valence-electron chi connectivity index (χ3n) is 4.26. The molecule has 0 radical (unpaired) electrons. The molecule has 2 heterocycles. The van der Waals surface area contributed by atoms with Crippen molar-refractivity contribution in [2.45, 2.75) is 4.90 Å². The van der Waals surface area contributed by atoms with E-state index in [0.717, 1.165) is 0 Å². The van der Waals surface area contributed by atoms with E-state index in [1.807, 2.05) is 11.0 Å². The molecule has 1 aromatic heterocycles. The molecular weight excluding hydrogens is 422 g/mol. The number of nitrogens with zero attached hydrogens (tertiary/aromatic N) is 5. The molecule has 1 saturated heterocycles. The molecule has 1 fully saturated rings. The summed E-state index contributed by atoms with van der Waals surface area (Å²) in [7, 11) is -2.05. The summed E-state index contributed by atoms with van der Waals surface area (Å²) in [6.07, 6.45) is 1.59. The van der Waals surface area contributed by atoms with Crippen molar-refractivity contribution in [1.29, 1.82) is 5.26 Å². The number of aryl methyl sites for hydroxylation is 1. The number of hydrogen-bond acceptors (Lipinski definition) is 6. The van der Waals surface area contributed by atoms with Crippen LogP contribution in [0.25, 0.3) is 0 Å². The fraction of sp³-hybridized carbons (Fsp3) is 0.312. The van der Waals surface area contributed by atoms with Gasteiger partial charge in [0.2, 0.25) is 10.0 Å². The minimum Gasteiger partial charge on any atom is -0.367 e. The zero-order valence-corrected chi connectivity index (χ0v) is 16.4. The molecule has 0 amide bonds. The third-order valence-corrected chi connectivity index (χ3v) is 6.92. The average Bonchev–Trinajstić information content (AvgIpc) is 2.66. The normalized spacial score (nSPS) is 15.7. The van der Waals surface area contributed by atoms with Gasteiger partial charge in [0, 0.05) is 33.2 Å². The number of sulfonamides is 1. The molecule has 1 aromatic carbocycles. The summed E-state index contributed by atoms with van der Waals surface area (Å²) in [4.78, 5) is 14.1. The molecule has 0 N–H and O–H groups in total. The van der Waals surface area contributed by atoms with E-state index in [-0.39, 0.29) is 10.5 Å². The first kappa shape index (κ1) is 18.6. The Balaban J connectivity index is 1.76. The number of aromatic nitrogens is 2. The molecule has 26 heavy (non-hydrogen) atoms. The SMILES string of the molecule is Cn1ncc(N2CCN(S(=O)(=O)c3ccc(C#N)cc3)CC2)c(Br)c1=O. The maximum Gasteiger partial charge on any atom is 0.282 e. The number of piperazine rings is 1. The molecule has 1 aliphatic rings. The van der Waals surface area contributed by atoms with Crippen LogP contribution in [0.3, 0.4) is 0 Å². The fourth-order valence-corrected chi connectivity index (χ4v) is 4.77. The molecule has 2 aromatic rings. The summed E-state index contributed by atoms with van der Waals surface area (Å²) in [5, 5.41) is 12.8. The van der Waals surface area contributed by atoms with Crippen LogP contribution >= 0.6 is 15.9 Å². The van der Waals surface area contributed by atoms with Crippen molar-refractivity contribution in [2.24, 2.45) is 7.05 Å². The van der Waals surface area contributed by atoms with Gasteiger partial charge in [-0.05, 0) is 40.2 Å². The summed E-state index contributed by atoms with van der Waals surface area (Å²) in [5.41, 5.74) is 0.829. The Kier molecular flexibility index (Phi) is 5.13. The van der Waals surface area contributed by atoms with Gasteiger partial charge in [-0.15, -0.1) is 0 Å². The Bertz CT molecular complexity index is 1020. The van der Waals surface area contributed by atoms with Gasteiger partial charge < -0.3 is 4.90 Å². The Morgan fingerprint density at radius 3 is 2.35 bits per heavy atom. The van der Waals surface area contributed by atoms with E-state index in [1.54, 1.807) is 13.2 Å². The van der Waals surface area contributed by atoms with Crippen LogP contribution in [0.15, 0.2) is 44.6 Å². The lowest BCUT2D eigenvalue weighted by atomic mass is 10.2. The number of rotatable bonds is 3. The first-order valence-corrected chi connectivity index (χ1v) is 10.0. The first-order chi connectivity index (χ1) is 12.3. The second-order valence-corrected chi connectivity index (χ2v) is 8.53. The van der Waals surface area contributed by atoms with E-state index in [4.69, 9.17) is 5.26 Å². The van der Waals surface area contributed by atoms with E-state index >= 15 is 0 Å². The van der Waals surface area contributed by atoms with E-state index < -0.39 is 10.0 Å². The van der Waals surface area contributed by atoms with Gasteiger partial charge in [-0.25, -0.2) is 13.1 Å². The van der Waals surface area contributed by atoms with E-state index in [1.165, 1.54) is 33.3 Å². The summed E-state index contributed by atoms with van der Waals surface area (Å²) in [5.74, 6) is 0. The molecule has 0 bridgehead atoms. The van der Waals surface area contributed by atoms with Gasteiger partial charge in [0.1, 0.15) is 4.47 Å². The zero-order valence-electron chi connectivity index (χ0n) is 14.0. The van der Waals surface area contributed by atoms with Crippen molar-refractivity contribution >= 4 is 31.6 Å². The summed E-state index contributed by atoms with van der Waals surface area (Å²) in [6.45, 7) is 1.49. The van der Waals surface area contributed by atoms with Gasteiger partial charge in [-0.1, -0.05) is 0 Å². The summed E-state index contributed by atoms with van der Waals surface area (Å²) in [6, 6.07) is 7.85.